The monoisotopic (exact) mass is 443 g/mol. The van der Waals surface area contributed by atoms with E-state index in [0.717, 1.165) is 12.1 Å². The third kappa shape index (κ3) is 5.14. The lowest BCUT2D eigenvalue weighted by molar-refractivity contribution is -0.277. The van der Waals surface area contributed by atoms with E-state index in [1.54, 1.807) is 0 Å². The van der Waals surface area contributed by atoms with Crippen LogP contribution in [-0.4, -0.2) is 63.6 Å². The SMILES string of the molecule is O=C(Nc1cccc(O[C@@H]2O[C@H](CO)[C@@H](O)[C@H](O)[C@H]2O)c1)c1ccccc1C(F)(F)F. The molecule has 1 aliphatic rings. The second kappa shape index (κ2) is 9.20. The van der Waals surface area contributed by atoms with Crippen LogP contribution in [0.2, 0.25) is 0 Å². The first-order valence-corrected chi connectivity index (χ1v) is 9.16. The highest BCUT2D eigenvalue weighted by molar-refractivity contribution is 6.05. The number of carbonyl (C=O) groups is 1. The Morgan fingerprint density at radius 3 is 2.42 bits per heavy atom. The van der Waals surface area contributed by atoms with Crippen molar-refractivity contribution in [3.8, 4) is 5.75 Å². The molecule has 0 aliphatic carbocycles. The number of benzene rings is 2. The van der Waals surface area contributed by atoms with Crippen LogP contribution in [0.25, 0.3) is 0 Å². The largest absolute Gasteiger partial charge is 0.462 e. The molecular weight excluding hydrogens is 423 g/mol. The Hall–Kier alpha value is -2.70. The van der Waals surface area contributed by atoms with Crippen molar-refractivity contribution in [2.45, 2.75) is 36.9 Å². The molecule has 31 heavy (non-hydrogen) atoms. The Morgan fingerprint density at radius 2 is 1.74 bits per heavy atom. The lowest BCUT2D eigenvalue weighted by Crippen LogP contribution is -2.60. The summed E-state index contributed by atoms with van der Waals surface area (Å²) in [6, 6.07) is 9.87. The Kier molecular flexibility index (Phi) is 6.82. The van der Waals surface area contributed by atoms with Gasteiger partial charge in [0.1, 0.15) is 30.2 Å². The Morgan fingerprint density at radius 1 is 1.03 bits per heavy atom. The van der Waals surface area contributed by atoms with Crippen LogP contribution in [0, 0.1) is 0 Å². The van der Waals surface area contributed by atoms with Gasteiger partial charge in [0.25, 0.3) is 5.91 Å². The summed E-state index contributed by atoms with van der Waals surface area (Å²) in [4.78, 5) is 12.4. The molecule has 0 saturated carbocycles. The average Bonchev–Trinajstić information content (AvgIpc) is 2.74. The molecular formula is C20H20F3NO7. The molecule has 0 radical (unpaired) electrons. The summed E-state index contributed by atoms with van der Waals surface area (Å²) in [5.41, 5.74) is -1.54. The summed E-state index contributed by atoms with van der Waals surface area (Å²) in [5, 5.41) is 41.2. The zero-order valence-corrected chi connectivity index (χ0v) is 15.9. The first-order chi connectivity index (χ1) is 14.6. The molecule has 0 spiro atoms. The molecule has 1 amide bonds. The quantitative estimate of drug-likeness (QED) is 0.469. The summed E-state index contributed by atoms with van der Waals surface area (Å²) >= 11 is 0. The highest BCUT2D eigenvalue weighted by Gasteiger charge is 2.44. The summed E-state index contributed by atoms with van der Waals surface area (Å²) in [6.45, 7) is -0.639. The van der Waals surface area contributed by atoms with Crippen molar-refractivity contribution in [2.75, 3.05) is 11.9 Å². The number of hydrogen-bond acceptors (Lipinski definition) is 7. The van der Waals surface area contributed by atoms with Crippen molar-refractivity contribution in [3.63, 3.8) is 0 Å². The standard InChI is InChI=1S/C20H20F3NO7/c21-20(22,23)13-7-2-1-6-12(13)18(29)24-10-4-3-5-11(8-10)30-19-17(28)16(27)15(26)14(9-25)31-19/h1-8,14-17,19,25-28H,9H2,(H,24,29)/t14-,15-,16+,17-,19-/m1/s1. The summed E-state index contributed by atoms with van der Waals surface area (Å²) in [5.74, 6) is -0.941. The predicted octanol–water partition coefficient (Wildman–Crippen LogP) is 1.14. The molecule has 168 valence electrons. The van der Waals surface area contributed by atoms with Gasteiger partial charge in [-0.1, -0.05) is 18.2 Å². The van der Waals surface area contributed by atoms with Crippen LogP contribution in [-0.2, 0) is 10.9 Å². The summed E-state index contributed by atoms with van der Waals surface area (Å²) in [7, 11) is 0. The molecule has 0 bridgehead atoms. The number of nitrogens with one attached hydrogen (secondary N) is 1. The van der Waals surface area contributed by atoms with Gasteiger partial charge >= 0.3 is 6.18 Å². The van der Waals surface area contributed by atoms with Gasteiger partial charge in [0.15, 0.2) is 0 Å². The van der Waals surface area contributed by atoms with Crippen LogP contribution in [0.4, 0.5) is 18.9 Å². The molecule has 3 rings (SSSR count). The highest BCUT2D eigenvalue weighted by Crippen LogP contribution is 2.32. The van der Waals surface area contributed by atoms with Crippen LogP contribution in [0.5, 0.6) is 5.75 Å². The smallest absolute Gasteiger partial charge is 0.417 e. The van der Waals surface area contributed by atoms with Crippen LogP contribution < -0.4 is 10.1 Å². The molecule has 1 fully saturated rings. The fourth-order valence-electron chi connectivity index (χ4n) is 3.07. The van der Waals surface area contributed by atoms with E-state index in [2.05, 4.69) is 5.32 Å². The van der Waals surface area contributed by atoms with Gasteiger partial charge in [-0.05, 0) is 24.3 Å². The van der Waals surface area contributed by atoms with E-state index in [4.69, 9.17) is 9.47 Å². The van der Waals surface area contributed by atoms with Gasteiger partial charge in [-0.3, -0.25) is 4.79 Å². The van der Waals surface area contributed by atoms with Gasteiger partial charge in [-0.15, -0.1) is 0 Å². The fourth-order valence-corrected chi connectivity index (χ4v) is 3.07. The second-order valence-electron chi connectivity index (χ2n) is 6.84. The first-order valence-electron chi connectivity index (χ1n) is 9.16. The van der Waals surface area contributed by atoms with E-state index in [9.17, 15) is 38.4 Å². The summed E-state index contributed by atoms with van der Waals surface area (Å²) in [6.07, 6.45) is -12.2. The van der Waals surface area contributed by atoms with E-state index in [-0.39, 0.29) is 11.4 Å². The third-order valence-corrected chi connectivity index (χ3v) is 4.67. The molecule has 11 heteroatoms. The van der Waals surface area contributed by atoms with Crippen LogP contribution in [0.3, 0.4) is 0 Å². The normalized spacial score (nSPS) is 26.4. The number of rotatable bonds is 5. The minimum atomic E-state index is -4.71. The Bertz CT molecular complexity index is 922. The molecule has 2 aromatic rings. The lowest BCUT2D eigenvalue weighted by atomic mass is 9.99. The van der Waals surface area contributed by atoms with Crippen molar-refractivity contribution in [3.05, 3.63) is 59.7 Å². The number of alkyl halides is 3. The molecule has 5 atom stereocenters. The third-order valence-electron chi connectivity index (χ3n) is 4.67. The van der Waals surface area contributed by atoms with Crippen molar-refractivity contribution in [1.29, 1.82) is 0 Å². The van der Waals surface area contributed by atoms with Gasteiger partial charge in [0, 0.05) is 11.8 Å². The summed E-state index contributed by atoms with van der Waals surface area (Å²) < 4.78 is 50.1. The van der Waals surface area contributed by atoms with Crippen LogP contribution in [0.15, 0.2) is 48.5 Å². The van der Waals surface area contributed by atoms with Gasteiger partial charge in [-0.25, -0.2) is 0 Å². The number of aliphatic hydroxyl groups is 4. The Balaban J connectivity index is 1.75. The maximum Gasteiger partial charge on any atom is 0.417 e. The molecule has 1 saturated heterocycles. The molecule has 0 aromatic heterocycles. The van der Waals surface area contributed by atoms with Crippen LogP contribution in [0.1, 0.15) is 15.9 Å². The van der Waals surface area contributed by atoms with Gasteiger partial charge in [-0.2, -0.15) is 13.2 Å². The molecule has 0 unspecified atom stereocenters. The number of aliphatic hydroxyl groups excluding tert-OH is 4. The van der Waals surface area contributed by atoms with Crippen molar-refractivity contribution >= 4 is 11.6 Å². The van der Waals surface area contributed by atoms with Gasteiger partial charge < -0.3 is 35.2 Å². The van der Waals surface area contributed by atoms with Crippen LogP contribution >= 0.6 is 0 Å². The number of hydrogen-bond donors (Lipinski definition) is 5. The van der Waals surface area contributed by atoms with E-state index in [1.165, 1.54) is 36.4 Å². The van der Waals surface area contributed by atoms with E-state index >= 15 is 0 Å². The molecule has 8 nitrogen and oxygen atoms in total. The number of carbonyl (C=O) groups excluding carboxylic acids is 1. The molecule has 1 heterocycles. The van der Waals surface area contributed by atoms with E-state index < -0.39 is 60.5 Å². The highest BCUT2D eigenvalue weighted by atomic mass is 19.4. The molecule has 5 N–H and O–H groups in total. The van der Waals surface area contributed by atoms with Gasteiger partial charge in [0.05, 0.1) is 17.7 Å². The van der Waals surface area contributed by atoms with Gasteiger partial charge in [0.2, 0.25) is 6.29 Å². The molecule has 1 aliphatic heterocycles. The van der Waals surface area contributed by atoms with E-state index in [0.29, 0.717) is 0 Å². The zero-order valence-electron chi connectivity index (χ0n) is 15.9. The maximum absolute atomic E-state index is 13.1. The average molecular weight is 443 g/mol. The Labute approximate surface area is 174 Å². The number of halogens is 3. The lowest BCUT2D eigenvalue weighted by Gasteiger charge is -2.39. The number of ether oxygens (including phenoxy) is 2. The second-order valence-corrected chi connectivity index (χ2v) is 6.84. The van der Waals surface area contributed by atoms with E-state index in [1.807, 2.05) is 0 Å². The number of amides is 1. The first kappa shape index (κ1) is 23.0. The van der Waals surface area contributed by atoms with Crippen molar-refractivity contribution < 1.29 is 47.9 Å². The minimum Gasteiger partial charge on any atom is -0.462 e. The topological polar surface area (TPSA) is 128 Å². The zero-order chi connectivity index (χ0) is 22.8. The van der Waals surface area contributed by atoms with Crippen molar-refractivity contribution in [1.82, 2.24) is 0 Å². The predicted molar refractivity (Wildman–Crippen MR) is 100 cm³/mol. The van der Waals surface area contributed by atoms with Crippen molar-refractivity contribution in [2.24, 2.45) is 0 Å². The number of anilines is 1. The molecule has 2 aromatic carbocycles. The fraction of sp³-hybridized carbons (Fsp3) is 0.350. The maximum atomic E-state index is 13.1. The minimum absolute atomic E-state index is 0.0474.